The molecule has 6 nitrogen and oxygen atoms in total. The van der Waals surface area contributed by atoms with Gasteiger partial charge in [-0.2, -0.15) is 5.10 Å². The molecule has 25 heavy (non-hydrogen) atoms. The maximum atomic E-state index is 11.7. The Labute approximate surface area is 145 Å². The van der Waals surface area contributed by atoms with E-state index in [0.29, 0.717) is 11.4 Å². The second-order valence-electron chi connectivity index (χ2n) is 4.95. The molecule has 0 spiro atoms. The number of carbonyl (C=O) groups excluding carboxylic acids is 2. The van der Waals surface area contributed by atoms with E-state index < -0.39 is 11.8 Å². The highest BCUT2D eigenvalue weighted by Crippen LogP contribution is 2.10. The van der Waals surface area contributed by atoms with Crippen molar-refractivity contribution in [3.8, 4) is 18.1 Å². The van der Waals surface area contributed by atoms with Crippen LogP contribution < -0.4 is 15.5 Å². The van der Waals surface area contributed by atoms with E-state index in [0.717, 1.165) is 5.56 Å². The van der Waals surface area contributed by atoms with Gasteiger partial charge in [-0.3, -0.25) is 9.59 Å². The average molecular weight is 335 g/mol. The molecule has 0 saturated heterocycles. The average Bonchev–Trinajstić information content (AvgIpc) is 2.61. The minimum Gasteiger partial charge on any atom is -0.481 e. The molecule has 2 N–H and O–H groups in total. The van der Waals surface area contributed by atoms with Crippen LogP contribution >= 0.6 is 0 Å². The Bertz CT molecular complexity index is 778. The van der Waals surface area contributed by atoms with Crippen LogP contribution in [0.4, 0.5) is 5.69 Å². The summed E-state index contributed by atoms with van der Waals surface area (Å²) in [6.45, 7) is 0.203. The van der Waals surface area contributed by atoms with Gasteiger partial charge in [0.15, 0.2) is 0 Å². The Morgan fingerprint density at radius 1 is 1.08 bits per heavy atom. The van der Waals surface area contributed by atoms with Crippen molar-refractivity contribution >= 4 is 23.7 Å². The second kappa shape index (κ2) is 9.53. The minimum atomic E-state index is -0.501. The van der Waals surface area contributed by atoms with E-state index in [4.69, 9.17) is 11.2 Å². The largest absolute Gasteiger partial charge is 0.481 e. The van der Waals surface area contributed by atoms with Gasteiger partial charge in [0.25, 0.3) is 0 Å². The number of anilines is 1. The predicted octanol–water partition coefficient (Wildman–Crippen LogP) is 2.18. The number of terminal acetylenes is 1. The molecule has 2 amide bonds. The van der Waals surface area contributed by atoms with Crippen LogP contribution in [0, 0.1) is 12.3 Å². The van der Waals surface area contributed by atoms with Gasteiger partial charge in [0.2, 0.25) is 11.8 Å². The van der Waals surface area contributed by atoms with Crippen molar-refractivity contribution in [2.75, 3.05) is 11.9 Å². The number of carbonyl (C=O) groups is 2. The molecule has 2 aromatic carbocycles. The summed E-state index contributed by atoms with van der Waals surface area (Å²) in [6.07, 6.45) is 6.27. The highest BCUT2D eigenvalue weighted by atomic mass is 16.5. The molecule has 0 atom stereocenters. The standard InChI is InChI=1S/C19H17N3O3/c1-2-12-25-17-10-8-15(9-11-17)14-20-22-19(24)13-18(23)21-16-6-4-3-5-7-16/h1,3-11,14H,12-13H2,(H,21,23)(H,22,24). The van der Waals surface area contributed by atoms with E-state index in [9.17, 15) is 9.59 Å². The summed E-state index contributed by atoms with van der Waals surface area (Å²) in [5.41, 5.74) is 3.71. The van der Waals surface area contributed by atoms with E-state index in [1.165, 1.54) is 6.21 Å². The van der Waals surface area contributed by atoms with Crippen molar-refractivity contribution in [1.82, 2.24) is 5.43 Å². The van der Waals surface area contributed by atoms with Gasteiger partial charge in [-0.15, -0.1) is 6.42 Å². The fourth-order valence-corrected chi connectivity index (χ4v) is 1.87. The molecule has 6 heteroatoms. The molecule has 0 aliphatic rings. The molecule has 0 aromatic heterocycles. The Hall–Kier alpha value is -3.59. The van der Waals surface area contributed by atoms with Crippen molar-refractivity contribution in [2.45, 2.75) is 6.42 Å². The van der Waals surface area contributed by atoms with Gasteiger partial charge in [-0.1, -0.05) is 24.1 Å². The predicted molar refractivity (Wildman–Crippen MR) is 96.2 cm³/mol. The number of hydrogen-bond donors (Lipinski definition) is 2. The third-order valence-electron chi connectivity index (χ3n) is 2.98. The maximum absolute atomic E-state index is 11.7. The zero-order valence-electron chi connectivity index (χ0n) is 13.4. The molecule has 0 heterocycles. The number of ether oxygens (including phenoxy) is 1. The lowest BCUT2D eigenvalue weighted by Gasteiger charge is -2.04. The van der Waals surface area contributed by atoms with E-state index in [1.807, 2.05) is 6.07 Å². The first-order chi connectivity index (χ1) is 12.2. The Morgan fingerprint density at radius 2 is 1.80 bits per heavy atom. The van der Waals surface area contributed by atoms with Crippen molar-refractivity contribution in [3.63, 3.8) is 0 Å². The zero-order valence-corrected chi connectivity index (χ0v) is 13.4. The van der Waals surface area contributed by atoms with Crippen molar-refractivity contribution in [2.24, 2.45) is 5.10 Å². The third-order valence-corrected chi connectivity index (χ3v) is 2.98. The molecular formula is C19H17N3O3. The molecule has 0 unspecified atom stereocenters. The van der Waals surface area contributed by atoms with Crippen LogP contribution in [0.1, 0.15) is 12.0 Å². The summed E-state index contributed by atoms with van der Waals surface area (Å²) >= 11 is 0. The van der Waals surface area contributed by atoms with Crippen molar-refractivity contribution in [3.05, 3.63) is 60.2 Å². The maximum Gasteiger partial charge on any atom is 0.249 e. The summed E-state index contributed by atoms with van der Waals surface area (Å²) in [6, 6.07) is 15.9. The Morgan fingerprint density at radius 3 is 2.48 bits per heavy atom. The third kappa shape index (κ3) is 6.59. The molecule has 0 aliphatic carbocycles. The number of hydrogen-bond acceptors (Lipinski definition) is 4. The van der Waals surface area contributed by atoms with Gasteiger partial charge in [-0.25, -0.2) is 5.43 Å². The monoisotopic (exact) mass is 335 g/mol. The van der Waals surface area contributed by atoms with Gasteiger partial charge >= 0.3 is 0 Å². The molecular weight excluding hydrogens is 318 g/mol. The molecule has 0 fully saturated rings. The zero-order chi connectivity index (χ0) is 17.9. The molecule has 126 valence electrons. The number of nitrogens with one attached hydrogen (secondary N) is 2. The number of rotatable bonds is 7. The van der Waals surface area contributed by atoms with Gasteiger partial charge in [0, 0.05) is 5.69 Å². The Kier molecular flexibility index (Phi) is 6.77. The molecule has 0 radical (unpaired) electrons. The van der Waals surface area contributed by atoms with Crippen LogP contribution in [0.3, 0.4) is 0 Å². The summed E-state index contributed by atoms with van der Waals surface area (Å²) in [7, 11) is 0. The van der Waals surface area contributed by atoms with Crippen LogP contribution in [0.15, 0.2) is 59.7 Å². The van der Waals surface area contributed by atoms with Gasteiger partial charge in [-0.05, 0) is 42.0 Å². The number of para-hydroxylation sites is 1. The first-order valence-electron chi connectivity index (χ1n) is 7.50. The molecule has 2 aromatic rings. The Balaban J connectivity index is 1.76. The van der Waals surface area contributed by atoms with Crippen LogP contribution in [0.5, 0.6) is 5.75 Å². The topological polar surface area (TPSA) is 79.8 Å². The van der Waals surface area contributed by atoms with E-state index >= 15 is 0 Å². The highest BCUT2D eigenvalue weighted by Gasteiger charge is 2.08. The first kappa shape index (κ1) is 17.8. The number of hydrazone groups is 1. The smallest absolute Gasteiger partial charge is 0.249 e. The summed E-state index contributed by atoms with van der Waals surface area (Å²) in [5, 5.41) is 6.44. The normalized spacial score (nSPS) is 10.0. The SMILES string of the molecule is C#CCOc1ccc(C=NNC(=O)CC(=O)Nc2ccccc2)cc1. The van der Waals surface area contributed by atoms with E-state index in [1.54, 1.807) is 48.5 Å². The van der Waals surface area contributed by atoms with E-state index in [2.05, 4.69) is 21.8 Å². The lowest BCUT2D eigenvalue weighted by Crippen LogP contribution is -2.24. The fourth-order valence-electron chi connectivity index (χ4n) is 1.87. The number of amides is 2. The van der Waals surface area contributed by atoms with Crippen LogP contribution in [-0.4, -0.2) is 24.6 Å². The fraction of sp³-hybridized carbons (Fsp3) is 0.105. The van der Waals surface area contributed by atoms with Crippen LogP contribution in [-0.2, 0) is 9.59 Å². The lowest BCUT2D eigenvalue weighted by atomic mass is 10.2. The van der Waals surface area contributed by atoms with Gasteiger partial charge in [0.1, 0.15) is 18.8 Å². The summed E-state index contributed by atoms with van der Waals surface area (Å²) < 4.78 is 5.25. The molecule has 0 aliphatic heterocycles. The van der Waals surface area contributed by atoms with Gasteiger partial charge < -0.3 is 10.1 Å². The van der Waals surface area contributed by atoms with Crippen molar-refractivity contribution in [1.29, 1.82) is 0 Å². The highest BCUT2D eigenvalue weighted by molar-refractivity contribution is 6.03. The second-order valence-corrected chi connectivity index (χ2v) is 4.95. The molecule has 0 saturated carbocycles. The van der Waals surface area contributed by atoms with Crippen molar-refractivity contribution < 1.29 is 14.3 Å². The summed E-state index contributed by atoms with van der Waals surface area (Å²) in [4.78, 5) is 23.4. The quantitative estimate of drug-likeness (QED) is 0.352. The van der Waals surface area contributed by atoms with Crippen LogP contribution in [0.25, 0.3) is 0 Å². The first-order valence-corrected chi connectivity index (χ1v) is 7.50. The summed E-state index contributed by atoms with van der Waals surface area (Å²) in [5.74, 6) is 2.12. The number of nitrogens with zero attached hydrogens (tertiary/aromatic N) is 1. The van der Waals surface area contributed by atoms with E-state index in [-0.39, 0.29) is 13.0 Å². The molecule has 2 rings (SSSR count). The number of benzene rings is 2. The molecule has 0 bridgehead atoms. The lowest BCUT2D eigenvalue weighted by molar-refractivity contribution is -0.126. The minimum absolute atomic E-state index is 0.203. The van der Waals surface area contributed by atoms with Gasteiger partial charge in [0.05, 0.1) is 6.21 Å². The van der Waals surface area contributed by atoms with Crippen LogP contribution in [0.2, 0.25) is 0 Å².